The summed E-state index contributed by atoms with van der Waals surface area (Å²) < 4.78 is 57.5. The fourth-order valence-electron chi connectivity index (χ4n) is 5.21. The number of hydrogen-bond acceptors (Lipinski definition) is 7. The van der Waals surface area contributed by atoms with E-state index < -0.39 is 48.3 Å². The van der Waals surface area contributed by atoms with Crippen molar-refractivity contribution < 1.29 is 27.5 Å². The molecule has 6 N–H and O–H groups in total. The molecule has 11 nitrogen and oxygen atoms in total. The lowest BCUT2D eigenvalue weighted by Gasteiger charge is -2.38. The molecule has 1 aromatic carbocycles. The normalized spacial score (nSPS) is 15.6. The molecule has 0 atom stereocenters. The van der Waals surface area contributed by atoms with Crippen molar-refractivity contribution in [3.8, 4) is 11.1 Å². The van der Waals surface area contributed by atoms with Gasteiger partial charge in [0, 0.05) is 47.0 Å². The number of rotatable bonds is 9. The van der Waals surface area contributed by atoms with Crippen LogP contribution in [-0.4, -0.2) is 58.7 Å². The molecule has 0 spiro atoms. The second kappa shape index (κ2) is 11.2. The Hall–Kier alpha value is -4.50. The maximum atomic E-state index is 13.9. The molecule has 1 aliphatic rings. The van der Waals surface area contributed by atoms with Gasteiger partial charge < -0.3 is 16.2 Å². The number of amides is 1. The number of nitrogens with one attached hydrogen (secondary N) is 1. The number of benzene rings is 1. The van der Waals surface area contributed by atoms with Gasteiger partial charge >= 0.3 is 0 Å². The fraction of sp³-hybridized carbons (Fsp3) is 0.379. The zero-order chi connectivity index (χ0) is 32.1. The summed E-state index contributed by atoms with van der Waals surface area (Å²) in [7, 11) is 0. The standard InChI is InChI=1S/C29H33F4N9O2/c1-15-24(16(2)41(38-15)14-28(3,4)44)18-6-8-23-36-12-22(40(23)13-18)27(43)37-21-9-17(5-7-20(21)25(30)31)26(34)39-42(35)19-10-29(32,33)11-19/h5-9,12-13,19,25,44H,10-11,14,35H2,1-4H3,(H2,34,39)(H,37,43). The molecule has 1 amide bonds. The lowest BCUT2D eigenvalue weighted by atomic mass is 9.88. The number of alkyl halides is 4. The van der Waals surface area contributed by atoms with E-state index in [1.807, 2.05) is 19.9 Å². The van der Waals surface area contributed by atoms with Gasteiger partial charge in [0.25, 0.3) is 18.3 Å². The largest absolute Gasteiger partial charge is 0.389 e. The first-order chi connectivity index (χ1) is 20.5. The second-order valence-electron chi connectivity index (χ2n) is 11.6. The van der Waals surface area contributed by atoms with Crippen LogP contribution in [0.15, 0.2) is 47.8 Å². The summed E-state index contributed by atoms with van der Waals surface area (Å²) in [5.74, 6) is 2.03. The van der Waals surface area contributed by atoms with E-state index in [0.717, 1.165) is 33.7 Å². The number of aromatic nitrogens is 4. The van der Waals surface area contributed by atoms with Crippen molar-refractivity contribution in [2.45, 2.75) is 71.1 Å². The van der Waals surface area contributed by atoms with Gasteiger partial charge in [0.05, 0.1) is 35.8 Å². The Morgan fingerprint density at radius 3 is 2.59 bits per heavy atom. The summed E-state index contributed by atoms with van der Waals surface area (Å²) in [4.78, 5) is 17.7. The number of carbonyl (C=O) groups excluding carboxylic acids is 1. The molecule has 15 heteroatoms. The lowest BCUT2D eigenvalue weighted by Crippen LogP contribution is -2.52. The molecular weight excluding hydrogens is 582 g/mol. The van der Waals surface area contributed by atoms with E-state index in [2.05, 4.69) is 20.5 Å². The molecule has 1 aliphatic carbocycles. The molecule has 3 aromatic heterocycles. The molecule has 0 radical (unpaired) electrons. The number of hydrazine groups is 1. The first kappa shape index (κ1) is 30.9. The monoisotopic (exact) mass is 615 g/mol. The smallest absolute Gasteiger partial charge is 0.274 e. The van der Waals surface area contributed by atoms with Crippen molar-refractivity contribution in [2.24, 2.45) is 16.7 Å². The molecule has 1 fully saturated rings. The van der Waals surface area contributed by atoms with Crippen LogP contribution in [0.25, 0.3) is 16.8 Å². The average molecular weight is 616 g/mol. The van der Waals surface area contributed by atoms with Crippen molar-refractivity contribution in [2.75, 3.05) is 5.32 Å². The number of aryl methyl sites for hydroxylation is 1. The lowest BCUT2D eigenvalue weighted by molar-refractivity contribution is -0.124. The van der Waals surface area contributed by atoms with Crippen LogP contribution in [0.1, 0.15) is 66.1 Å². The molecule has 0 unspecified atom stereocenters. The summed E-state index contributed by atoms with van der Waals surface area (Å²) in [6.07, 6.45) is -0.850. The van der Waals surface area contributed by atoms with Gasteiger partial charge in [-0.25, -0.2) is 33.5 Å². The number of hydrazone groups is 1. The summed E-state index contributed by atoms with van der Waals surface area (Å²) in [5, 5.41) is 22.1. The fourth-order valence-corrected chi connectivity index (χ4v) is 5.21. The van der Waals surface area contributed by atoms with E-state index in [0.29, 0.717) is 5.65 Å². The number of imidazole rings is 1. The maximum Gasteiger partial charge on any atom is 0.274 e. The Labute approximate surface area is 250 Å². The number of fused-ring (bicyclic) bond motifs is 1. The highest BCUT2D eigenvalue weighted by Crippen LogP contribution is 2.39. The van der Waals surface area contributed by atoms with Crippen molar-refractivity contribution in [1.82, 2.24) is 24.3 Å². The predicted octanol–water partition coefficient (Wildman–Crippen LogP) is 4.37. The van der Waals surface area contributed by atoms with Crippen LogP contribution in [0, 0.1) is 13.8 Å². The van der Waals surface area contributed by atoms with Gasteiger partial charge in [0.2, 0.25) is 0 Å². The predicted molar refractivity (Wildman–Crippen MR) is 156 cm³/mol. The summed E-state index contributed by atoms with van der Waals surface area (Å²) in [6, 6.07) is 6.44. The molecule has 5 rings (SSSR count). The van der Waals surface area contributed by atoms with Crippen molar-refractivity contribution >= 4 is 23.1 Å². The number of carbonyl (C=O) groups is 1. The second-order valence-corrected chi connectivity index (χ2v) is 11.6. The SMILES string of the molecule is Cc1nn(CC(C)(C)O)c(C)c1-c1ccc2ncc(C(=O)Nc3cc(/C(N)=N/N(N)C4CC(F)(F)C4)ccc3C(F)F)n2c1. The van der Waals surface area contributed by atoms with Crippen LogP contribution in [-0.2, 0) is 6.54 Å². The Bertz CT molecular complexity index is 1750. The number of amidine groups is 1. The number of pyridine rings is 1. The molecular formula is C29H33F4N9O2. The average Bonchev–Trinajstić information content (AvgIpc) is 3.45. The van der Waals surface area contributed by atoms with Crippen LogP contribution >= 0.6 is 0 Å². The highest BCUT2D eigenvalue weighted by atomic mass is 19.3. The molecule has 0 bridgehead atoms. The first-order valence-electron chi connectivity index (χ1n) is 13.8. The van der Waals surface area contributed by atoms with E-state index in [4.69, 9.17) is 11.6 Å². The number of nitrogens with two attached hydrogens (primary N) is 2. The highest BCUT2D eigenvalue weighted by Gasteiger charge is 2.47. The molecule has 0 aliphatic heterocycles. The van der Waals surface area contributed by atoms with Crippen LogP contribution in [0.2, 0.25) is 0 Å². The molecule has 3 heterocycles. The minimum atomic E-state index is -2.93. The van der Waals surface area contributed by atoms with Crippen molar-refractivity contribution in [1.29, 1.82) is 0 Å². The quantitative estimate of drug-likeness (QED) is 0.0718. The van der Waals surface area contributed by atoms with E-state index >= 15 is 0 Å². The minimum absolute atomic E-state index is 0.0762. The molecule has 1 saturated carbocycles. The third-order valence-corrected chi connectivity index (χ3v) is 7.44. The van der Waals surface area contributed by atoms with Gasteiger partial charge in [0.15, 0.2) is 5.84 Å². The summed E-state index contributed by atoms with van der Waals surface area (Å²) >= 11 is 0. The number of nitrogens with zero attached hydrogens (tertiary/aromatic N) is 6. The molecule has 0 saturated heterocycles. The van der Waals surface area contributed by atoms with E-state index in [9.17, 15) is 27.5 Å². The first-order valence-corrected chi connectivity index (χ1v) is 13.8. The van der Waals surface area contributed by atoms with Gasteiger partial charge in [0.1, 0.15) is 11.3 Å². The number of hydrogen-bond donors (Lipinski definition) is 4. The molecule has 4 aromatic rings. The Morgan fingerprint density at radius 1 is 1.25 bits per heavy atom. The highest BCUT2D eigenvalue weighted by molar-refractivity contribution is 6.05. The zero-order valence-corrected chi connectivity index (χ0v) is 24.5. The summed E-state index contributed by atoms with van der Waals surface area (Å²) in [5.41, 5.74) is 8.11. The van der Waals surface area contributed by atoms with Crippen molar-refractivity contribution in [3.05, 3.63) is 70.9 Å². The van der Waals surface area contributed by atoms with Gasteiger partial charge in [-0.15, -0.1) is 5.10 Å². The van der Waals surface area contributed by atoms with Crippen LogP contribution in [0.4, 0.5) is 23.2 Å². The van der Waals surface area contributed by atoms with Gasteiger partial charge in [-0.1, -0.05) is 12.1 Å². The van der Waals surface area contributed by atoms with E-state index in [1.165, 1.54) is 18.3 Å². The summed E-state index contributed by atoms with van der Waals surface area (Å²) in [6.45, 7) is 7.38. The van der Waals surface area contributed by atoms with Gasteiger partial charge in [-0.3, -0.25) is 13.9 Å². The number of halogens is 4. The van der Waals surface area contributed by atoms with E-state index in [1.54, 1.807) is 35.2 Å². The Balaban J connectivity index is 1.44. The van der Waals surface area contributed by atoms with Crippen molar-refractivity contribution in [3.63, 3.8) is 0 Å². The third kappa shape index (κ3) is 6.24. The maximum absolute atomic E-state index is 13.9. The van der Waals surface area contributed by atoms with Gasteiger partial charge in [-0.2, -0.15) is 5.10 Å². The zero-order valence-electron chi connectivity index (χ0n) is 24.5. The number of anilines is 1. The topological polar surface area (TPSA) is 152 Å². The van der Waals surface area contributed by atoms with E-state index in [-0.39, 0.29) is 29.3 Å². The molecule has 234 valence electrons. The van der Waals surface area contributed by atoms with Crippen LogP contribution in [0.5, 0.6) is 0 Å². The third-order valence-electron chi connectivity index (χ3n) is 7.44. The minimum Gasteiger partial charge on any atom is -0.389 e. The Morgan fingerprint density at radius 2 is 1.95 bits per heavy atom. The van der Waals surface area contributed by atoms with Gasteiger partial charge in [-0.05, 0) is 45.9 Å². The van der Waals surface area contributed by atoms with Crippen LogP contribution < -0.4 is 16.9 Å². The Kier molecular flexibility index (Phi) is 7.88. The molecule has 44 heavy (non-hydrogen) atoms. The number of aliphatic hydroxyl groups is 1. The van der Waals surface area contributed by atoms with Crippen LogP contribution in [0.3, 0.4) is 0 Å².